The van der Waals surface area contributed by atoms with Gasteiger partial charge in [-0.1, -0.05) is 84.9 Å². The van der Waals surface area contributed by atoms with Gasteiger partial charge in [-0.05, 0) is 6.07 Å². The lowest BCUT2D eigenvalue weighted by molar-refractivity contribution is 0.0751. The number of carbonyl (C=O) groups excluding carboxylic acids is 1. The fourth-order valence-electron chi connectivity index (χ4n) is 5.97. The van der Waals surface area contributed by atoms with E-state index in [4.69, 9.17) is 34.3 Å². The smallest absolute Gasteiger partial charge is 0.324 e. The molecule has 8 bridgehead atoms. The van der Waals surface area contributed by atoms with Gasteiger partial charge in [-0.15, -0.1) is 0 Å². The van der Waals surface area contributed by atoms with Crippen molar-refractivity contribution < 1.29 is 20.2 Å². The molecule has 0 saturated heterocycles. The maximum Gasteiger partial charge on any atom is 0.324 e. The molecule has 2 aliphatic heterocycles. The summed E-state index contributed by atoms with van der Waals surface area (Å²) in [6.07, 6.45) is 0. The number of nitrogens with zero attached hydrogens (tertiary/aromatic N) is 6. The highest BCUT2D eigenvalue weighted by molar-refractivity contribution is 6.19. The number of carbonyl (C=O) groups is 1. The number of hydrogen-bond donors (Lipinski definition) is 2. The van der Waals surface area contributed by atoms with Crippen LogP contribution in [0.15, 0.2) is 91.0 Å². The van der Waals surface area contributed by atoms with Crippen LogP contribution in [0.25, 0.3) is 89.7 Å². The average Bonchev–Trinajstić information content (AvgIpc) is 3.80. The second-order valence-corrected chi connectivity index (χ2v) is 10.9. The number of benzene rings is 4. The molecule has 9 rings (SSSR count). The lowest BCUT2D eigenvalue weighted by atomic mass is 10.1. The van der Waals surface area contributed by atoms with Gasteiger partial charge in [-0.25, -0.2) is 34.7 Å². The Bertz CT molecular complexity index is 2540. The molecule has 0 spiro atoms. The summed E-state index contributed by atoms with van der Waals surface area (Å²) >= 11 is 0. The molecule has 0 aliphatic carbocycles. The fraction of sp³-hybridized carbons (Fsp3) is 0. The molecule has 6 N–H and O–H groups in total. The summed E-state index contributed by atoms with van der Waals surface area (Å²) in [5, 5.41) is 3.14. The summed E-state index contributed by atoms with van der Waals surface area (Å²) in [5.41, 5.74) is 6.01. The lowest BCUT2D eigenvalue weighted by Crippen LogP contribution is -2.02. The van der Waals surface area contributed by atoms with Crippen LogP contribution < -0.4 is 0 Å². The molecule has 0 amide bonds. The molecule has 224 valence electrons. The Balaban J connectivity index is 0.00000169. The van der Waals surface area contributed by atoms with Gasteiger partial charge in [0.25, 0.3) is 0 Å². The Morgan fingerprint density at radius 3 is 1.37 bits per heavy atom. The van der Waals surface area contributed by atoms with Crippen LogP contribution in [0.5, 0.6) is 0 Å². The van der Waals surface area contributed by atoms with Crippen LogP contribution >= 0.6 is 0 Å². The Hall–Kier alpha value is -6.15. The maximum atomic E-state index is 13.0. The number of hydrogen-bond acceptors (Lipinski definition) is 8. The average molecular weight is 625 g/mol. The predicted molar refractivity (Wildman–Crippen MR) is 179 cm³/mol. The molecule has 0 atom stereocenters. The van der Waals surface area contributed by atoms with Crippen molar-refractivity contribution in [3.8, 4) is 45.6 Å². The molecule has 0 fully saturated rings. The molecule has 0 radical (unpaired) electrons. The minimum atomic E-state index is -0.418. The van der Waals surface area contributed by atoms with Gasteiger partial charge >= 0.3 is 5.97 Å². The first-order valence-electron chi connectivity index (χ1n) is 14.0. The van der Waals surface area contributed by atoms with Gasteiger partial charge in [0, 0.05) is 43.8 Å². The van der Waals surface area contributed by atoms with Gasteiger partial charge in [0.1, 0.15) is 22.6 Å². The summed E-state index contributed by atoms with van der Waals surface area (Å²) in [7, 11) is 0.259. The van der Waals surface area contributed by atoms with Crippen molar-refractivity contribution >= 4 is 60.6 Å². The molecular formula is C33H24N8O4Si. The van der Waals surface area contributed by atoms with Crippen LogP contribution in [0, 0.1) is 0 Å². The topological polar surface area (TPSA) is 198 Å². The van der Waals surface area contributed by atoms with Crippen LogP contribution in [0.4, 0.5) is 0 Å². The molecule has 12 nitrogen and oxygen atoms in total. The number of fused-ring (bicyclic) bond motifs is 20. The van der Waals surface area contributed by atoms with Gasteiger partial charge in [-0.3, -0.25) is 0 Å². The quantitative estimate of drug-likeness (QED) is 0.258. The molecule has 2 aliphatic rings. The summed E-state index contributed by atoms with van der Waals surface area (Å²) < 4.78 is 5.27. The highest BCUT2D eigenvalue weighted by Gasteiger charge is 2.23. The first-order chi connectivity index (χ1) is 21.7. The third-order valence-corrected chi connectivity index (χ3v) is 8.36. The van der Waals surface area contributed by atoms with Crippen LogP contribution in [-0.4, -0.2) is 67.3 Å². The van der Waals surface area contributed by atoms with E-state index >= 15 is 0 Å². The van der Waals surface area contributed by atoms with Gasteiger partial charge in [0.05, 0.1) is 5.56 Å². The van der Waals surface area contributed by atoms with E-state index in [9.17, 15) is 4.79 Å². The highest BCUT2D eigenvalue weighted by Crippen LogP contribution is 2.37. The summed E-state index contributed by atoms with van der Waals surface area (Å²) in [4.78, 5) is 49.5. The zero-order valence-electron chi connectivity index (χ0n) is 24.2. The number of rotatable bonds is 1. The van der Waals surface area contributed by atoms with Gasteiger partial charge < -0.3 is 25.3 Å². The number of nitrogens with one attached hydrogen (secondary N) is 2. The molecular weight excluding hydrogens is 601 g/mol. The van der Waals surface area contributed by atoms with E-state index in [-0.39, 0.29) is 21.4 Å². The summed E-state index contributed by atoms with van der Waals surface area (Å²) in [6, 6.07) is 29.1. The first-order valence-corrected chi connectivity index (χ1v) is 14.8. The second kappa shape index (κ2) is 10.8. The van der Waals surface area contributed by atoms with Crippen molar-refractivity contribution in [2.75, 3.05) is 0 Å². The minimum Gasteiger partial charge on any atom is -0.525 e. The Morgan fingerprint density at radius 2 is 0.891 bits per heavy atom. The van der Waals surface area contributed by atoms with E-state index in [1.54, 1.807) is 6.07 Å². The van der Waals surface area contributed by atoms with Crippen LogP contribution in [0.2, 0.25) is 0 Å². The molecule has 46 heavy (non-hydrogen) atoms. The Labute approximate surface area is 262 Å². The zero-order chi connectivity index (χ0) is 29.4. The third kappa shape index (κ3) is 4.18. The minimum absolute atomic E-state index is 0. The number of aromatic amines is 2. The van der Waals surface area contributed by atoms with E-state index in [1.165, 1.54) is 0 Å². The fourth-order valence-corrected chi connectivity index (χ4v) is 6.19. The molecule has 0 saturated carbocycles. The van der Waals surface area contributed by atoms with Crippen LogP contribution in [0.3, 0.4) is 0 Å². The van der Waals surface area contributed by atoms with Gasteiger partial charge in [0.15, 0.2) is 23.3 Å². The van der Waals surface area contributed by atoms with Crippen LogP contribution in [0.1, 0.15) is 10.4 Å². The molecule has 4 aromatic carbocycles. The van der Waals surface area contributed by atoms with Crippen molar-refractivity contribution in [3.63, 3.8) is 0 Å². The van der Waals surface area contributed by atoms with E-state index < -0.39 is 5.97 Å². The predicted octanol–water partition coefficient (Wildman–Crippen LogP) is 3.66. The van der Waals surface area contributed by atoms with Crippen molar-refractivity contribution in [1.29, 1.82) is 0 Å². The monoisotopic (exact) mass is 624 g/mol. The largest absolute Gasteiger partial charge is 0.525 e. The molecule has 0 unspecified atom stereocenters. The normalized spacial score (nSPS) is 11.4. The number of H-pyrrole nitrogens is 2. The van der Waals surface area contributed by atoms with Gasteiger partial charge in [-0.2, -0.15) is 0 Å². The second-order valence-electron chi connectivity index (χ2n) is 10.5. The van der Waals surface area contributed by atoms with Crippen molar-refractivity contribution in [3.05, 3.63) is 96.6 Å². The van der Waals surface area contributed by atoms with Gasteiger partial charge in [0.2, 0.25) is 10.5 Å². The lowest BCUT2D eigenvalue weighted by Gasteiger charge is -2.01. The van der Waals surface area contributed by atoms with E-state index in [0.29, 0.717) is 62.2 Å². The summed E-state index contributed by atoms with van der Waals surface area (Å²) in [6.45, 7) is 0. The highest BCUT2D eigenvalue weighted by atomic mass is 28.2. The molecule has 5 heterocycles. The van der Waals surface area contributed by atoms with E-state index in [0.717, 1.165) is 33.0 Å². The first kappa shape index (κ1) is 28.6. The third-order valence-electron chi connectivity index (χ3n) is 7.98. The van der Waals surface area contributed by atoms with Crippen LogP contribution in [-0.2, 0) is 4.43 Å². The molecule has 3 aromatic heterocycles. The number of aromatic nitrogens is 8. The zero-order valence-corrected chi connectivity index (χ0v) is 26.2. The Kier molecular flexibility index (Phi) is 6.70. The SMILES string of the molecule is O.O.O=C(O[SiH3])c1cccc2c3nc4nc(nc5[nH]c(nc6nc(nc([nH]3)c12)-c1ccccc1-6)c1ccccc51)-c1ccccc1-4. The molecule has 13 heteroatoms. The van der Waals surface area contributed by atoms with E-state index in [2.05, 4.69) is 9.97 Å². The molecule has 7 aromatic rings. The standard InChI is InChI=1S/C33H20N8O2Si.2H2O/c42-33(43-44)23-15-7-14-22-24(23)32-40-30-21-13-6-5-12-20(21)28(38-30)36-26-17-9-2-1-8-16(17)25(34-26)35-27-18-10-3-4-11-19(18)29(37-27)39-31(22)41-32;;/h1-15H,44H3,(H2,34,35,36,37,38,39,40,41);2*1H2. The summed E-state index contributed by atoms with van der Waals surface area (Å²) in [5.74, 6) is 1.60. The Morgan fingerprint density at radius 1 is 0.500 bits per heavy atom. The van der Waals surface area contributed by atoms with Crippen molar-refractivity contribution in [2.45, 2.75) is 0 Å². The maximum absolute atomic E-state index is 13.0. The van der Waals surface area contributed by atoms with Crippen molar-refractivity contribution in [1.82, 2.24) is 39.9 Å². The van der Waals surface area contributed by atoms with E-state index in [1.807, 2.05) is 84.9 Å². The van der Waals surface area contributed by atoms with Crippen molar-refractivity contribution in [2.24, 2.45) is 0 Å².